The summed E-state index contributed by atoms with van der Waals surface area (Å²) in [4.78, 5) is 0. The molecule has 0 bridgehead atoms. The lowest BCUT2D eigenvalue weighted by Gasteiger charge is -2.21. The van der Waals surface area contributed by atoms with Crippen LogP contribution in [0.4, 0.5) is 0 Å². The van der Waals surface area contributed by atoms with Crippen molar-refractivity contribution in [2.45, 2.75) is 32.7 Å². The molecule has 1 aliphatic heterocycles. The van der Waals surface area contributed by atoms with Gasteiger partial charge < -0.3 is 5.32 Å². The van der Waals surface area contributed by atoms with E-state index >= 15 is 0 Å². The summed E-state index contributed by atoms with van der Waals surface area (Å²) in [6, 6.07) is 0. The summed E-state index contributed by atoms with van der Waals surface area (Å²) < 4.78 is 1.88. The molecule has 0 amide bonds. The molecule has 5 nitrogen and oxygen atoms in total. The van der Waals surface area contributed by atoms with Crippen molar-refractivity contribution < 1.29 is 0 Å². The largest absolute Gasteiger partial charge is 0.316 e. The predicted molar refractivity (Wildman–Crippen MR) is 52.8 cm³/mol. The molecule has 0 radical (unpaired) electrons. The van der Waals surface area contributed by atoms with Gasteiger partial charge in [0, 0.05) is 13.0 Å². The number of hydrogen-bond donors (Lipinski definition) is 1. The molecule has 2 heterocycles. The predicted octanol–water partition coefficient (Wildman–Crippen LogP) is 0.235. The molecule has 1 aliphatic rings. The summed E-state index contributed by atoms with van der Waals surface area (Å²) in [5.41, 5.74) is 0. The van der Waals surface area contributed by atoms with Gasteiger partial charge in [-0.2, -0.15) is 0 Å². The van der Waals surface area contributed by atoms with Crippen molar-refractivity contribution in [1.82, 2.24) is 25.5 Å². The molecule has 2 rings (SSSR count). The minimum absolute atomic E-state index is 0.708. The maximum absolute atomic E-state index is 4.06. The first-order valence-electron chi connectivity index (χ1n) is 5.36. The second kappa shape index (κ2) is 4.50. The van der Waals surface area contributed by atoms with Crippen LogP contribution in [0.3, 0.4) is 0 Å². The van der Waals surface area contributed by atoms with Crippen molar-refractivity contribution in [2.75, 3.05) is 13.1 Å². The van der Waals surface area contributed by atoms with Gasteiger partial charge in [-0.25, -0.2) is 4.68 Å². The second-order valence-corrected chi connectivity index (χ2v) is 3.83. The van der Waals surface area contributed by atoms with Crippen LogP contribution in [0, 0.1) is 5.92 Å². The summed E-state index contributed by atoms with van der Waals surface area (Å²) in [5.74, 6) is 1.74. The number of aryl methyl sites for hydroxylation is 1. The van der Waals surface area contributed by atoms with Gasteiger partial charge in [-0.15, -0.1) is 5.10 Å². The smallest absolute Gasteiger partial charge is 0.151 e. The fourth-order valence-electron chi connectivity index (χ4n) is 1.97. The first kappa shape index (κ1) is 9.58. The first-order chi connectivity index (χ1) is 6.90. The van der Waals surface area contributed by atoms with Crippen LogP contribution in [0.25, 0.3) is 0 Å². The second-order valence-electron chi connectivity index (χ2n) is 3.83. The van der Waals surface area contributed by atoms with E-state index in [1.165, 1.54) is 12.8 Å². The van der Waals surface area contributed by atoms with Crippen LogP contribution in [0.2, 0.25) is 0 Å². The Balaban J connectivity index is 1.95. The summed E-state index contributed by atoms with van der Waals surface area (Å²) in [5, 5.41) is 15.1. The third-order valence-electron chi connectivity index (χ3n) is 2.78. The minimum Gasteiger partial charge on any atom is -0.316 e. The summed E-state index contributed by atoms with van der Waals surface area (Å²) in [6.07, 6.45) is 3.58. The van der Waals surface area contributed by atoms with Gasteiger partial charge >= 0.3 is 0 Å². The van der Waals surface area contributed by atoms with E-state index in [-0.39, 0.29) is 0 Å². The quantitative estimate of drug-likeness (QED) is 0.750. The van der Waals surface area contributed by atoms with Gasteiger partial charge in [0.05, 0.1) is 0 Å². The molecule has 1 aromatic rings. The highest BCUT2D eigenvalue weighted by Crippen LogP contribution is 2.14. The van der Waals surface area contributed by atoms with Crippen LogP contribution in [-0.4, -0.2) is 33.3 Å². The molecule has 0 aromatic carbocycles. The normalized spacial score (nSPS) is 22.5. The highest BCUT2D eigenvalue weighted by atomic mass is 15.5. The molecule has 1 N–H and O–H groups in total. The van der Waals surface area contributed by atoms with Gasteiger partial charge in [0.2, 0.25) is 0 Å². The molecule has 1 fully saturated rings. The Hall–Kier alpha value is -0.970. The molecule has 0 spiro atoms. The third kappa shape index (κ3) is 2.09. The van der Waals surface area contributed by atoms with Crippen molar-refractivity contribution >= 4 is 0 Å². The molecule has 1 saturated heterocycles. The van der Waals surface area contributed by atoms with E-state index in [1.807, 2.05) is 4.68 Å². The Morgan fingerprint density at radius 3 is 3.21 bits per heavy atom. The Bertz CT molecular complexity index is 276. The molecular formula is C9H17N5. The molecule has 5 heteroatoms. The molecule has 78 valence electrons. The summed E-state index contributed by atoms with van der Waals surface area (Å²) in [6.45, 7) is 5.20. The maximum Gasteiger partial charge on any atom is 0.151 e. The zero-order valence-electron chi connectivity index (χ0n) is 8.61. The lowest BCUT2D eigenvalue weighted by molar-refractivity contribution is 0.364. The fraction of sp³-hybridized carbons (Fsp3) is 0.889. The van der Waals surface area contributed by atoms with E-state index in [4.69, 9.17) is 0 Å². The van der Waals surface area contributed by atoms with Gasteiger partial charge in [0.25, 0.3) is 0 Å². The van der Waals surface area contributed by atoms with Crippen molar-refractivity contribution in [3.05, 3.63) is 5.82 Å². The zero-order chi connectivity index (χ0) is 9.80. The van der Waals surface area contributed by atoms with Crippen molar-refractivity contribution in [2.24, 2.45) is 5.92 Å². The number of hydrogen-bond acceptors (Lipinski definition) is 4. The molecule has 1 unspecified atom stereocenters. The molecular weight excluding hydrogens is 178 g/mol. The zero-order valence-corrected chi connectivity index (χ0v) is 8.61. The summed E-state index contributed by atoms with van der Waals surface area (Å²) in [7, 11) is 0. The van der Waals surface area contributed by atoms with Crippen LogP contribution in [0.5, 0.6) is 0 Å². The number of rotatable bonds is 3. The highest BCUT2D eigenvalue weighted by Gasteiger charge is 2.16. The van der Waals surface area contributed by atoms with Gasteiger partial charge in [-0.05, 0) is 49.2 Å². The van der Waals surface area contributed by atoms with E-state index in [1.54, 1.807) is 0 Å². The van der Waals surface area contributed by atoms with E-state index in [0.29, 0.717) is 5.92 Å². The van der Waals surface area contributed by atoms with Crippen LogP contribution in [0.1, 0.15) is 25.6 Å². The summed E-state index contributed by atoms with van der Waals surface area (Å²) >= 11 is 0. The van der Waals surface area contributed by atoms with Gasteiger partial charge in [0.15, 0.2) is 5.82 Å². The monoisotopic (exact) mass is 195 g/mol. The van der Waals surface area contributed by atoms with Crippen molar-refractivity contribution in [3.63, 3.8) is 0 Å². The molecule has 1 atom stereocenters. The van der Waals surface area contributed by atoms with Crippen molar-refractivity contribution in [3.8, 4) is 0 Å². The van der Waals surface area contributed by atoms with Gasteiger partial charge in [0.1, 0.15) is 0 Å². The average molecular weight is 195 g/mol. The highest BCUT2D eigenvalue weighted by molar-refractivity contribution is 4.86. The van der Waals surface area contributed by atoms with Crippen LogP contribution in [0.15, 0.2) is 0 Å². The Morgan fingerprint density at radius 1 is 1.57 bits per heavy atom. The topological polar surface area (TPSA) is 55.6 Å². The van der Waals surface area contributed by atoms with Crippen molar-refractivity contribution in [1.29, 1.82) is 0 Å². The molecule has 14 heavy (non-hydrogen) atoms. The maximum atomic E-state index is 4.06. The Kier molecular flexibility index (Phi) is 3.08. The van der Waals surface area contributed by atoms with Gasteiger partial charge in [-0.3, -0.25) is 0 Å². The average Bonchev–Trinajstić information content (AvgIpc) is 2.67. The molecule has 0 saturated carbocycles. The number of nitrogens with zero attached hydrogens (tertiary/aromatic N) is 4. The lowest BCUT2D eigenvalue weighted by atomic mass is 9.96. The number of aromatic nitrogens is 4. The van der Waals surface area contributed by atoms with Crippen LogP contribution in [-0.2, 0) is 13.0 Å². The van der Waals surface area contributed by atoms with E-state index in [2.05, 4.69) is 27.8 Å². The van der Waals surface area contributed by atoms with Gasteiger partial charge in [-0.1, -0.05) is 0 Å². The third-order valence-corrected chi connectivity index (χ3v) is 2.78. The van der Waals surface area contributed by atoms with E-state index in [9.17, 15) is 0 Å². The van der Waals surface area contributed by atoms with Crippen LogP contribution >= 0.6 is 0 Å². The number of nitrogens with one attached hydrogen (secondary N) is 1. The van der Waals surface area contributed by atoms with E-state index < -0.39 is 0 Å². The Labute approximate surface area is 83.9 Å². The SMILES string of the molecule is CCn1nnnc1CC1CCCNC1. The van der Waals surface area contributed by atoms with Crippen LogP contribution < -0.4 is 5.32 Å². The fourth-order valence-corrected chi connectivity index (χ4v) is 1.97. The first-order valence-corrected chi connectivity index (χ1v) is 5.36. The number of piperidine rings is 1. The molecule has 0 aliphatic carbocycles. The van der Waals surface area contributed by atoms with E-state index in [0.717, 1.165) is 31.9 Å². The number of tetrazole rings is 1. The standard InChI is InChI=1S/C9H17N5/c1-2-14-9(11-12-13-14)6-8-4-3-5-10-7-8/h8,10H,2-7H2,1H3. The minimum atomic E-state index is 0.708. The Morgan fingerprint density at radius 2 is 2.50 bits per heavy atom. The molecule has 1 aromatic heterocycles. The lowest BCUT2D eigenvalue weighted by Crippen LogP contribution is -2.31.